The summed E-state index contributed by atoms with van der Waals surface area (Å²) in [6, 6.07) is 7.75. The molecule has 0 atom stereocenters. The Morgan fingerprint density at radius 2 is 1.04 bits per heavy atom. The summed E-state index contributed by atoms with van der Waals surface area (Å²) in [7, 11) is 0. The smallest absolute Gasteiger partial charge is 0.115 e. The van der Waals surface area contributed by atoms with E-state index in [-0.39, 0.29) is 5.41 Å². The molecule has 1 aromatic rings. The van der Waals surface area contributed by atoms with E-state index < -0.39 is 0 Å². The van der Waals surface area contributed by atoms with E-state index >= 15 is 0 Å². The van der Waals surface area contributed by atoms with Crippen molar-refractivity contribution in [3.05, 3.63) is 29.8 Å². The molecule has 0 aliphatic rings. The predicted molar refractivity (Wildman–Crippen MR) is 111 cm³/mol. The zero-order chi connectivity index (χ0) is 18.4. The Kier molecular flexibility index (Phi) is 11.7. The molecule has 0 heterocycles. The average Bonchev–Trinajstić information content (AvgIpc) is 2.59. The summed E-state index contributed by atoms with van der Waals surface area (Å²) in [5.41, 5.74) is 1.55. The quantitative estimate of drug-likeness (QED) is 0.318. The minimum atomic E-state index is 0.214. The maximum Gasteiger partial charge on any atom is 0.115 e. The van der Waals surface area contributed by atoms with Crippen molar-refractivity contribution in [2.24, 2.45) is 0 Å². The van der Waals surface area contributed by atoms with Gasteiger partial charge in [0.2, 0.25) is 0 Å². The third-order valence-electron chi connectivity index (χ3n) is 5.55. The van der Waals surface area contributed by atoms with Gasteiger partial charge in [-0.15, -0.1) is 0 Å². The average molecular weight is 347 g/mol. The van der Waals surface area contributed by atoms with E-state index in [1.165, 1.54) is 95.5 Å². The minimum Gasteiger partial charge on any atom is -0.508 e. The first-order valence-electron chi connectivity index (χ1n) is 10.9. The van der Waals surface area contributed by atoms with Gasteiger partial charge in [-0.05, 0) is 29.5 Å². The molecule has 0 saturated carbocycles. The summed E-state index contributed by atoms with van der Waals surface area (Å²) in [5, 5.41) is 9.42. The molecule has 0 fully saturated rings. The van der Waals surface area contributed by atoms with Crippen LogP contribution in [0.3, 0.4) is 0 Å². The molecule has 144 valence electrons. The number of phenols is 1. The van der Waals surface area contributed by atoms with E-state index in [2.05, 4.69) is 32.9 Å². The summed E-state index contributed by atoms with van der Waals surface area (Å²) < 4.78 is 0. The van der Waals surface area contributed by atoms with Crippen molar-refractivity contribution in [3.63, 3.8) is 0 Å². The van der Waals surface area contributed by atoms with E-state index in [0.717, 1.165) is 0 Å². The molecule has 1 aromatic carbocycles. The van der Waals surface area contributed by atoms with Gasteiger partial charge in [-0.25, -0.2) is 0 Å². The van der Waals surface area contributed by atoms with E-state index in [9.17, 15) is 5.11 Å². The first kappa shape index (κ1) is 22.1. The van der Waals surface area contributed by atoms with Crippen LogP contribution in [0.5, 0.6) is 5.75 Å². The van der Waals surface area contributed by atoms with Crippen molar-refractivity contribution < 1.29 is 5.11 Å². The molecule has 1 rings (SSSR count). The highest BCUT2D eigenvalue weighted by Crippen LogP contribution is 2.30. The van der Waals surface area contributed by atoms with Crippen LogP contribution in [0, 0.1) is 0 Å². The molecule has 0 amide bonds. The van der Waals surface area contributed by atoms with E-state index in [1.807, 2.05) is 0 Å². The van der Waals surface area contributed by atoms with Gasteiger partial charge in [0, 0.05) is 0 Å². The lowest BCUT2D eigenvalue weighted by molar-refractivity contribution is 0.438. The Morgan fingerprint density at radius 3 is 1.48 bits per heavy atom. The second-order valence-electron chi connectivity index (χ2n) is 8.42. The zero-order valence-electron chi connectivity index (χ0n) is 17.2. The topological polar surface area (TPSA) is 20.2 Å². The second-order valence-corrected chi connectivity index (χ2v) is 8.42. The summed E-state index contributed by atoms with van der Waals surface area (Å²) in [4.78, 5) is 0. The Bertz CT molecular complexity index is 418. The monoisotopic (exact) mass is 346 g/mol. The molecule has 1 nitrogen and oxygen atoms in total. The second kappa shape index (κ2) is 13.3. The SMILES string of the molecule is CCCCCCCCCCCCCCCC(C)(C)c1ccc(O)cc1. The molecule has 25 heavy (non-hydrogen) atoms. The van der Waals surface area contributed by atoms with Gasteiger partial charge in [-0.2, -0.15) is 0 Å². The molecule has 0 aliphatic heterocycles. The van der Waals surface area contributed by atoms with E-state index in [1.54, 1.807) is 12.1 Å². The van der Waals surface area contributed by atoms with Gasteiger partial charge in [0.1, 0.15) is 5.75 Å². The highest BCUT2D eigenvalue weighted by molar-refractivity contribution is 5.30. The van der Waals surface area contributed by atoms with Crippen LogP contribution in [-0.4, -0.2) is 5.11 Å². The Labute approximate surface area is 157 Å². The number of hydrogen-bond donors (Lipinski definition) is 1. The summed E-state index contributed by atoms with van der Waals surface area (Å²) in [6.45, 7) is 6.92. The normalized spacial score (nSPS) is 11.8. The van der Waals surface area contributed by atoms with Gasteiger partial charge in [0.25, 0.3) is 0 Å². The highest BCUT2D eigenvalue weighted by atomic mass is 16.3. The van der Waals surface area contributed by atoms with Gasteiger partial charge >= 0.3 is 0 Å². The first-order chi connectivity index (χ1) is 12.1. The van der Waals surface area contributed by atoms with Gasteiger partial charge in [-0.1, -0.05) is 116 Å². The number of aromatic hydroxyl groups is 1. The van der Waals surface area contributed by atoms with Gasteiger partial charge in [0.05, 0.1) is 0 Å². The number of hydrogen-bond acceptors (Lipinski definition) is 1. The number of rotatable bonds is 15. The van der Waals surface area contributed by atoms with Gasteiger partial charge in [0.15, 0.2) is 0 Å². The van der Waals surface area contributed by atoms with Gasteiger partial charge < -0.3 is 5.11 Å². The highest BCUT2D eigenvalue weighted by Gasteiger charge is 2.19. The Balaban J connectivity index is 1.95. The largest absolute Gasteiger partial charge is 0.508 e. The zero-order valence-corrected chi connectivity index (χ0v) is 17.2. The number of benzene rings is 1. The summed E-state index contributed by atoms with van der Waals surface area (Å²) in [5.74, 6) is 0.362. The molecular weight excluding hydrogens is 304 g/mol. The summed E-state index contributed by atoms with van der Waals surface area (Å²) in [6.07, 6.45) is 19.6. The Hall–Kier alpha value is -0.980. The molecule has 0 spiro atoms. The number of phenolic OH excluding ortho intramolecular Hbond substituents is 1. The molecular formula is C24H42O. The van der Waals surface area contributed by atoms with Crippen LogP contribution in [0.15, 0.2) is 24.3 Å². The van der Waals surface area contributed by atoms with Crippen molar-refractivity contribution in [1.82, 2.24) is 0 Å². The fourth-order valence-corrected chi connectivity index (χ4v) is 3.64. The fraction of sp³-hybridized carbons (Fsp3) is 0.750. The molecule has 0 bridgehead atoms. The van der Waals surface area contributed by atoms with Crippen LogP contribution in [0.2, 0.25) is 0 Å². The first-order valence-corrected chi connectivity index (χ1v) is 10.9. The molecule has 0 unspecified atom stereocenters. The van der Waals surface area contributed by atoms with Crippen LogP contribution in [-0.2, 0) is 5.41 Å². The lowest BCUT2D eigenvalue weighted by Gasteiger charge is -2.25. The number of unbranched alkanes of at least 4 members (excludes halogenated alkanes) is 12. The van der Waals surface area contributed by atoms with Gasteiger partial charge in [-0.3, -0.25) is 0 Å². The maximum atomic E-state index is 9.42. The van der Waals surface area contributed by atoms with Crippen LogP contribution in [0.25, 0.3) is 0 Å². The van der Waals surface area contributed by atoms with Crippen molar-refractivity contribution in [1.29, 1.82) is 0 Å². The van der Waals surface area contributed by atoms with Crippen LogP contribution < -0.4 is 0 Å². The molecule has 1 heteroatoms. The van der Waals surface area contributed by atoms with Crippen LogP contribution in [0.4, 0.5) is 0 Å². The third kappa shape index (κ3) is 10.6. The molecule has 0 aromatic heterocycles. The van der Waals surface area contributed by atoms with Crippen molar-refractivity contribution in [3.8, 4) is 5.75 Å². The van der Waals surface area contributed by atoms with Crippen molar-refractivity contribution >= 4 is 0 Å². The third-order valence-corrected chi connectivity index (χ3v) is 5.55. The Morgan fingerprint density at radius 1 is 0.640 bits per heavy atom. The lowest BCUT2D eigenvalue weighted by Crippen LogP contribution is -2.16. The van der Waals surface area contributed by atoms with E-state index in [0.29, 0.717) is 5.75 Å². The van der Waals surface area contributed by atoms with Crippen LogP contribution in [0.1, 0.15) is 116 Å². The molecule has 0 aliphatic carbocycles. The molecule has 1 N–H and O–H groups in total. The predicted octanol–water partition coefficient (Wildman–Crippen LogP) is 8.15. The molecule has 0 radical (unpaired) electrons. The maximum absolute atomic E-state index is 9.42. The molecule has 0 saturated heterocycles. The minimum absolute atomic E-state index is 0.214. The van der Waals surface area contributed by atoms with Crippen LogP contribution >= 0.6 is 0 Å². The fourth-order valence-electron chi connectivity index (χ4n) is 3.64. The lowest BCUT2D eigenvalue weighted by atomic mass is 9.80. The summed E-state index contributed by atoms with van der Waals surface area (Å²) >= 11 is 0. The standard InChI is InChI=1S/C24H42O/c1-4-5-6-7-8-9-10-11-12-13-14-15-16-21-24(2,3)22-17-19-23(25)20-18-22/h17-20,25H,4-16,21H2,1-3H3. The van der Waals surface area contributed by atoms with Crippen molar-refractivity contribution in [2.45, 2.75) is 116 Å². The van der Waals surface area contributed by atoms with Crippen molar-refractivity contribution in [2.75, 3.05) is 0 Å². The van der Waals surface area contributed by atoms with E-state index in [4.69, 9.17) is 0 Å².